The van der Waals surface area contributed by atoms with Crippen molar-refractivity contribution < 1.29 is 13.2 Å². The Kier molecular flexibility index (Phi) is 5.78. The van der Waals surface area contributed by atoms with Gasteiger partial charge in [-0.05, 0) is 30.3 Å². The topological polar surface area (TPSA) is 51.3 Å². The zero-order chi connectivity index (χ0) is 17.0. The van der Waals surface area contributed by atoms with Crippen molar-refractivity contribution in [3.63, 3.8) is 0 Å². The summed E-state index contributed by atoms with van der Waals surface area (Å²) in [6.45, 7) is 0. The van der Waals surface area contributed by atoms with E-state index in [2.05, 4.69) is 9.98 Å². The number of aromatic nitrogens is 1. The Morgan fingerprint density at radius 1 is 1.26 bits per heavy atom. The van der Waals surface area contributed by atoms with Crippen molar-refractivity contribution in [1.82, 2.24) is 4.98 Å². The van der Waals surface area contributed by atoms with Crippen LogP contribution < -0.4 is 5.73 Å². The largest absolute Gasteiger partial charge is 0.417 e. The number of hydrogen-bond donors (Lipinski definition) is 1. The predicted octanol–water partition coefficient (Wildman–Crippen LogP) is 5.13. The lowest BCUT2D eigenvalue weighted by Crippen LogP contribution is -2.12. The van der Waals surface area contributed by atoms with E-state index < -0.39 is 11.7 Å². The molecule has 0 unspecified atom stereocenters. The summed E-state index contributed by atoms with van der Waals surface area (Å²) >= 11 is 12.6. The first-order chi connectivity index (χ1) is 10.8. The van der Waals surface area contributed by atoms with Crippen LogP contribution in [0.15, 0.2) is 51.4 Å². The van der Waals surface area contributed by atoms with Crippen LogP contribution in [0.1, 0.15) is 5.56 Å². The highest BCUT2D eigenvalue weighted by Gasteiger charge is 2.31. The van der Waals surface area contributed by atoms with Gasteiger partial charge in [0.05, 0.1) is 22.2 Å². The second-order valence-corrected chi connectivity index (χ2v) is 6.08. The second kappa shape index (κ2) is 7.42. The highest BCUT2D eigenvalue weighted by molar-refractivity contribution is 7.99. The highest BCUT2D eigenvalue weighted by Crippen LogP contribution is 2.36. The Labute approximate surface area is 144 Å². The molecule has 0 spiro atoms. The smallest absolute Gasteiger partial charge is 0.386 e. The fraction of sp³-hybridized carbons (Fsp3) is 0.143. The van der Waals surface area contributed by atoms with Gasteiger partial charge in [-0.2, -0.15) is 13.2 Å². The Hall–Kier alpha value is -1.44. The summed E-state index contributed by atoms with van der Waals surface area (Å²) in [5.41, 5.74) is 5.27. The predicted molar refractivity (Wildman–Crippen MR) is 86.8 cm³/mol. The second-order valence-electron chi connectivity index (χ2n) is 4.34. The van der Waals surface area contributed by atoms with Crippen LogP contribution in [0.3, 0.4) is 0 Å². The summed E-state index contributed by atoms with van der Waals surface area (Å²) in [7, 11) is 0. The summed E-state index contributed by atoms with van der Waals surface area (Å²) in [5, 5.41) is 0.231. The molecule has 0 aliphatic rings. The molecule has 23 heavy (non-hydrogen) atoms. The summed E-state index contributed by atoms with van der Waals surface area (Å²) in [6, 6.07) is 7.75. The average molecular weight is 380 g/mol. The molecular formula is C14H10Cl2F3N3S. The van der Waals surface area contributed by atoms with Crippen LogP contribution in [-0.4, -0.2) is 16.7 Å². The molecule has 0 radical (unpaired) electrons. The number of alkyl halides is 4. The average Bonchev–Trinajstić information content (AvgIpc) is 2.50. The summed E-state index contributed by atoms with van der Waals surface area (Å²) in [6.07, 6.45) is -3.71. The number of aliphatic imine (C=N–C) groups is 1. The first-order valence-electron chi connectivity index (χ1n) is 6.19. The van der Waals surface area contributed by atoms with E-state index in [4.69, 9.17) is 28.9 Å². The minimum absolute atomic E-state index is 0.0571. The van der Waals surface area contributed by atoms with Crippen molar-refractivity contribution in [2.24, 2.45) is 10.7 Å². The lowest BCUT2D eigenvalue weighted by molar-refractivity contribution is -0.137. The van der Waals surface area contributed by atoms with E-state index in [9.17, 15) is 13.2 Å². The van der Waals surface area contributed by atoms with Crippen LogP contribution in [0, 0.1) is 0 Å². The maximum absolute atomic E-state index is 12.6. The van der Waals surface area contributed by atoms with Crippen LogP contribution in [-0.2, 0) is 6.18 Å². The molecule has 0 bridgehead atoms. The molecule has 9 heteroatoms. The zero-order valence-corrected chi connectivity index (χ0v) is 13.8. The van der Waals surface area contributed by atoms with Crippen molar-refractivity contribution in [3.05, 3.63) is 47.1 Å². The van der Waals surface area contributed by atoms with Crippen LogP contribution in [0.4, 0.5) is 18.9 Å². The molecule has 1 aromatic carbocycles. The molecule has 1 aromatic heterocycles. The molecule has 2 aromatic rings. The van der Waals surface area contributed by atoms with E-state index >= 15 is 0 Å². The number of pyridine rings is 1. The number of benzene rings is 1. The van der Waals surface area contributed by atoms with Gasteiger partial charge in [0.25, 0.3) is 0 Å². The Balaban J connectivity index is 2.16. The van der Waals surface area contributed by atoms with Crippen LogP contribution in [0.2, 0.25) is 5.02 Å². The number of hydrogen-bond acceptors (Lipinski definition) is 3. The van der Waals surface area contributed by atoms with Gasteiger partial charge in [-0.15, -0.1) is 11.6 Å². The van der Waals surface area contributed by atoms with E-state index in [1.165, 1.54) is 0 Å². The molecule has 0 amide bonds. The molecule has 0 aliphatic heterocycles. The molecule has 0 fully saturated rings. The number of nitrogens with zero attached hydrogens (tertiary/aromatic N) is 2. The SMILES string of the molecule is NC(CCl)=Nc1ccc(Sc2ncc(C(F)(F)F)cc2Cl)cc1. The third-order valence-electron chi connectivity index (χ3n) is 2.60. The fourth-order valence-corrected chi connectivity index (χ4v) is 2.65. The quantitative estimate of drug-likeness (QED) is 0.454. The van der Waals surface area contributed by atoms with Crippen molar-refractivity contribution in [3.8, 4) is 0 Å². The van der Waals surface area contributed by atoms with Gasteiger partial charge in [0.1, 0.15) is 10.9 Å². The Morgan fingerprint density at radius 2 is 1.91 bits per heavy atom. The number of nitrogens with two attached hydrogens (primary N) is 1. The molecule has 2 rings (SSSR count). The number of halogens is 5. The zero-order valence-electron chi connectivity index (χ0n) is 11.4. The molecule has 3 nitrogen and oxygen atoms in total. The molecule has 0 saturated carbocycles. The first-order valence-corrected chi connectivity index (χ1v) is 7.92. The van der Waals surface area contributed by atoms with Crippen LogP contribution >= 0.6 is 35.0 Å². The molecular weight excluding hydrogens is 370 g/mol. The first kappa shape index (κ1) is 17.9. The molecule has 0 aliphatic carbocycles. The lowest BCUT2D eigenvalue weighted by Gasteiger charge is -2.09. The van der Waals surface area contributed by atoms with Gasteiger partial charge in [0, 0.05) is 11.1 Å². The van der Waals surface area contributed by atoms with E-state index in [0.29, 0.717) is 11.5 Å². The van der Waals surface area contributed by atoms with Crippen molar-refractivity contribution in [1.29, 1.82) is 0 Å². The third kappa shape index (κ3) is 5.02. The summed E-state index contributed by atoms with van der Waals surface area (Å²) < 4.78 is 37.7. The molecule has 122 valence electrons. The Bertz CT molecular complexity index is 718. The Morgan fingerprint density at radius 3 is 2.43 bits per heavy atom. The minimum Gasteiger partial charge on any atom is -0.386 e. The molecule has 2 N–H and O–H groups in total. The third-order valence-corrected chi connectivity index (χ3v) is 4.30. The fourth-order valence-electron chi connectivity index (χ4n) is 1.55. The standard InChI is InChI=1S/C14H10Cl2F3N3S/c15-6-12(20)22-9-1-3-10(4-2-9)23-13-11(16)5-8(7-21-13)14(17,18)19/h1-5,7H,6H2,(H2,20,22). The van der Waals surface area contributed by atoms with Crippen molar-refractivity contribution >= 4 is 46.5 Å². The molecule has 1 heterocycles. The normalized spacial score (nSPS) is 12.5. The lowest BCUT2D eigenvalue weighted by atomic mass is 10.3. The van der Waals surface area contributed by atoms with Gasteiger partial charge in [-0.3, -0.25) is 0 Å². The maximum Gasteiger partial charge on any atom is 0.417 e. The molecule has 0 atom stereocenters. The van der Waals surface area contributed by atoms with Crippen molar-refractivity contribution in [2.75, 3.05) is 5.88 Å². The van der Waals surface area contributed by atoms with E-state index in [0.717, 1.165) is 28.9 Å². The van der Waals surface area contributed by atoms with Gasteiger partial charge in [0.2, 0.25) is 0 Å². The van der Waals surface area contributed by atoms with Gasteiger partial charge < -0.3 is 5.73 Å². The van der Waals surface area contributed by atoms with Gasteiger partial charge >= 0.3 is 6.18 Å². The molecule has 0 saturated heterocycles. The van der Waals surface area contributed by atoms with Crippen LogP contribution in [0.5, 0.6) is 0 Å². The number of rotatable bonds is 4. The highest BCUT2D eigenvalue weighted by atomic mass is 35.5. The van der Waals surface area contributed by atoms with E-state index in [1.54, 1.807) is 24.3 Å². The summed E-state index contributed by atoms with van der Waals surface area (Å²) in [5.74, 6) is 0.418. The monoisotopic (exact) mass is 379 g/mol. The number of amidine groups is 1. The van der Waals surface area contributed by atoms with Gasteiger partial charge in [-0.1, -0.05) is 23.4 Å². The minimum atomic E-state index is -4.47. The van der Waals surface area contributed by atoms with Gasteiger partial charge in [0.15, 0.2) is 0 Å². The van der Waals surface area contributed by atoms with Crippen molar-refractivity contribution in [2.45, 2.75) is 16.1 Å². The summed E-state index contributed by atoms with van der Waals surface area (Å²) in [4.78, 5) is 8.59. The van der Waals surface area contributed by atoms with Gasteiger partial charge in [-0.25, -0.2) is 9.98 Å². The maximum atomic E-state index is 12.6. The van der Waals surface area contributed by atoms with Crippen LogP contribution in [0.25, 0.3) is 0 Å². The van der Waals surface area contributed by atoms with E-state index in [1.807, 2.05) is 0 Å². The van der Waals surface area contributed by atoms with E-state index in [-0.39, 0.29) is 15.9 Å².